The van der Waals surface area contributed by atoms with Crippen LogP contribution < -0.4 is 5.32 Å². The summed E-state index contributed by atoms with van der Waals surface area (Å²) in [4.78, 5) is 0. The van der Waals surface area contributed by atoms with Crippen LogP contribution in [-0.4, -0.2) is 12.6 Å². The maximum Gasteiger partial charge on any atom is 0.0408 e. The average Bonchev–Trinajstić information content (AvgIpc) is 2.31. The van der Waals surface area contributed by atoms with Gasteiger partial charge in [0.2, 0.25) is 0 Å². The van der Waals surface area contributed by atoms with Crippen molar-refractivity contribution in [3.8, 4) is 0 Å². The molecule has 1 saturated heterocycles. The smallest absolute Gasteiger partial charge is 0.0408 e. The summed E-state index contributed by atoms with van der Waals surface area (Å²) >= 11 is 5.94. The van der Waals surface area contributed by atoms with Crippen molar-refractivity contribution in [3.05, 3.63) is 34.9 Å². The Morgan fingerprint density at radius 2 is 2.06 bits per heavy atom. The zero-order valence-corrected chi connectivity index (χ0v) is 11.8. The average molecular weight is 254 g/mol. The molecule has 1 atom stereocenters. The predicted octanol–water partition coefficient (Wildman–Crippen LogP) is 4.44. The number of rotatable bonds is 2. The second-order valence-electron chi connectivity index (χ2n) is 4.69. The van der Waals surface area contributed by atoms with Gasteiger partial charge in [0.1, 0.15) is 0 Å². The molecule has 1 aromatic rings. The van der Waals surface area contributed by atoms with Crippen molar-refractivity contribution >= 4 is 11.6 Å². The molecule has 0 aliphatic carbocycles. The van der Waals surface area contributed by atoms with Crippen LogP contribution in [0.5, 0.6) is 0 Å². The van der Waals surface area contributed by atoms with Gasteiger partial charge in [0, 0.05) is 11.1 Å². The molecule has 2 heteroatoms. The summed E-state index contributed by atoms with van der Waals surface area (Å²) in [6.45, 7) is 5.42. The lowest BCUT2D eigenvalue weighted by Crippen LogP contribution is -2.35. The summed E-state index contributed by atoms with van der Waals surface area (Å²) in [5.74, 6) is 0. The van der Waals surface area contributed by atoms with E-state index in [1.54, 1.807) is 0 Å². The van der Waals surface area contributed by atoms with Crippen molar-refractivity contribution in [1.29, 1.82) is 0 Å². The van der Waals surface area contributed by atoms with Crippen LogP contribution in [0.1, 0.15) is 45.1 Å². The number of hydrogen-bond donors (Lipinski definition) is 1. The quantitative estimate of drug-likeness (QED) is 0.822. The van der Waals surface area contributed by atoms with Crippen molar-refractivity contribution in [1.82, 2.24) is 5.32 Å². The summed E-state index contributed by atoms with van der Waals surface area (Å²) in [5, 5.41) is 4.39. The van der Waals surface area contributed by atoms with Crippen LogP contribution in [0, 0.1) is 0 Å². The normalized spacial score (nSPS) is 19.4. The molecule has 96 valence electrons. The van der Waals surface area contributed by atoms with E-state index in [0.717, 1.165) is 11.4 Å². The van der Waals surface area contributed by atoms with Gasteiger partial charge in [-0.15, -0.1) is 0 Å². The number of nitrogens with one attached hydrogen (secondary N) is 1. The highest BCUT2D eigenvalue weighted by molar-refractivity contribution is 6.30. The molecule has 1 nitrogen and oxygen atoms in total. The first-order chi connectivity index (χ1) is 8.26. The summed E-state index contributed by atoms with van der Waals surface area (Å²) < 4.78 is 0. The molecule has 1 unspecified atom stereocenters. The van der Waals surface area contributed by atoms with E-state index in [2.05, 4.69) is 31.3 Å². The molecule has 0 amide bonds. The fraction of sp³-hybridized carbons (Fsp3) is 0.600. The van der Waals surface area contributed by atoms with Crippen LogP contribution in [0.25, 0.3) is 0 Å². The Labute approximate surface area is 111 Å². The molecule has 1 aromatic carbocycles. The fourth-order valence-electron chi connectivity index (χ4n) is 2.05. The Morgan fingerprint density at radius 1 is 1.29 bits per heavy atom. The van der Waals surface area contributed by atoms with Gasteiger partial charge >= 0.3 is 0 Å². The second-order valence-corrected chi connectivity index (χ2v) is 5.12. The van der Waals surface area contributed by atoms with Crippen molar-refractivity contribution in [2.24, 2.45) is 0 Å². The van der Waals surface area contributed by atoms with Crippen LogP contribution in [0.4, 0.5) is 0 Å². The van der Waals surface area contributed by atoms with E-state index in [1.165, 1.54) is 37.8 Å². The van der Waals surface area contributed by atoms with Gasteiger partial charge < -0.3 is 5.32 Å². The molecule has 2 rings (SSSR count). The van der Waals surface area contributed by atoms with Gasteiger partial charge in [-0.1, -0.05) is 50.4 Å². The topological polar surface area (TPSA) is 12.0 Å². The molecule has 17 heavy (non-hydrogen) atoms. The van der Waals surface area contributed by atoms with E-state index in [4.69, 9.17) is 11.6 Å². The summed E-state index contributed by atoms with van der Waals surface area (Å²) in [6.07, 6.45) is 6.34. The zero-order chi connectivity index (χ0) is 12.5. The highest BCUT2D eigenvalue weighted by Gasteiger charge is 2.12. The first kappa shape index (κ1) is 14.5. The lowest BCUT2D eigenvalue weighted by atomic mass is 9.98. The highest BCUT2D eigenvalue weighted by Crippen LogP contribution is 2.15. The fourth-order valence-corrected chi connectivity index (χ4v) is 2.26. The Morgan fingerprint density at radius 3 is 2.65 bits per heavy atom. The van der Waals surface area contributed by atoms with Crippen LogP contribution >= 0.6 is 11.6 Å². The summed E-state index contributed by atoms with van der Waals surface area (Å²) in [7, 11) is 0. The zero-order valence-electron chi connectivity index (χ0n) is 11.0. The molecule has 1 fully saturated rings. The summed E-state index contributed by atoms with van der Waals surface area (Å²) in [5.41, 5.74) is 1.34. The van der Waals surface area contributed by atoms with E-state index in [9.17, 15) is 0 Å². The lowest BCUT2D eigenvalue weighted by molar-refractivity contribution is 0.399. The number of benzene rings is 1. The third-order valence-corrected chi connectivity index (χ3v) is 3.02. The second kappa shape index (κ2) is 8.54. The van der Waals surface area contributed by atoms with E-state index >= 15 is 0 Å². The number of piperidine rings is 1. The van der Waals surface area contributed by atoms with Crippen molar-refractivity contribution < 1.29 is 0 Å². The van der Waals surface area contributed by atoms with E-state index in [1.807, 2.05) is 12.1 Å². The van der Waals surface area contributed by atoms with Gasteiger partial charge in [-0.25, -0.2) is 0 Å². The van der Waals surface area contributed by atoms with Gasteiger partial charge in [-0.05, 0) is 43.5 Å². The largest absolute Gasteiger partial charge is 0.314 e. The number of hydrogen-bond acceptors (Lipinski definition) is 1. The van der Waals surface area contributed by atoms with Gasteiger partial charge in [-0.2, -0.15) is 0 Å². The van der Waals surface area contributed by atoms with Crippen molar-refractivity contribution in [2.45, 2.75) is 52.0 Å². The van der Waals surface area contributed by atoms with Crippen molar-refractivity contribution in [3.63, 3.8) is 0 Å². The molecular formula is C15H24ClN. The minimum Gasteiger partial charge on any atom is -0.314 e. The SMILES string of the molecule is CCC.Clc1cccc(CC2CCCCN2)c1. The molecule has 1 aliphatic heterocycles. The minimum atomic E-state index is 0.655. The van der Waals surface area contributed by atoms with Gasteiger partial charge in [0.15, 0.2) is 0 Å². The lowest BCUT2D eigenvalue weighted by Gasteiger charge is -2.23. The van der Waals surface area contributed by atoms with Crippen LogP contribution in [0.2, 0.25) is 5.02 Å². The van der Waals surface area contributed by atoms with Crippen LogP contribution in [0.3, 0.4) is 0 Å². The van der Waals surface area contributed by atoms with Crippen molar-refractivity contribution in [2.75, 3.05) is 6.54 Å². The van der Waals surface area contributed by atoms with Gasteiger partial charge in [-0.3, -0.25) is 0 Å². The Bertz CT molecular complexity index is 306. The molecule has 0 saturated carbocycles. The molecule has 0 aromatic heterocycles. The third-order valence-electron chi connectivity index (χ3n) is 2.78. The Balaban J connectivity index is 0.000000437. The molecule has 1 heterocycles. The van der Waals surface area contributed by atoms with E-state index < -0.39 is 0 Å². The maximum atomic E-state index is 5.94. The molecule has 0 bridgehead atoms. The van der Waals surface area contributed by atoms with E-state index in [0.29, 0.717) is 6.04 Å². The van der Waals surface area contributed by atoms with Crippen LogP contribution in [0.15, 0.2) is 24.3 Å². The highest BCUT2D eigenvalue weighted by atomic mass is 35.5. The Hall–Kier alpha value is -0.530. The first-order valence-electron chi connectivity index (χ1n) is 6.74. The molecule has 0 spiro atoms. The van der Waals surface area contributed by atoms with Crippen LogP contribution in [-0.2, 0) is 6.42 Å². The minimum absolute atomic E-state index is 0.655. The molecular weight excluding hydrogens is 230 g/mol. The summed E-state index contributed by atoms with van der Waals surface area (Å²) in [6, 6.07) is 8.84. The molecule has 1 N–H and O–H groups in total. The Kier molecular flexibility index (Phi) is 7.30. The molecule has 0 radical (unpaired) electrons. The van der Waals surface area contributed by atoms with Gasteiger partial charge in [0.25, 0.3) is 0 Å². The van der Waals surface area contributed by atoms with E-state index in [-0.39, 0.29) is 0 Å². The first-order valence-corrected chi connectivity index (χ1v) is 7.11. The van der Waals surface area contributed by atoms with Gasteiger partial charge in [0.05, 0.1) is 0 Å². The predicted molar refractivity (Wildman–Crippen MR) is 76.8 cm³/mol. The standard InChI is InChI=1S/C12H16ClN.C3H8/c13-11-5-3-4-10(8-11)9-12-6-1-2-7-14-12;1-3-2/h3-5,8,12,14H,1-2,6-7,9H2;3H2,1-2H3. The monoisotopic (exact) mass is 253 g/mol. The molecule has 1 aliphatic rings. The number of halogens is 1. The third kappa shape index (κ3) is 6.09. The maximum absolute atomic E-state index is 5.94.